The highest BCUT2D eigenvalue weighted by atomic mass is 16.5. The molecule has 0 saturated carbocycles. The zero-order valence-electron chi connectivity index (χ0n) is 12.9. The highest BCUT2D eigenvalue weighted by molar-refractivity contribution is 5.95. The number of benzene rings is 1. The molecule has 1 fully saturated rings. The number of carbonyl (C=O) groups is 1. The lowest BCUT2D eigenvalue weighted by atomic mass is 10.1. The minimum absolute atomic E-state index is 0.00737. The number of methoxy groups -OCH3 is 2. The third-order valence-electron chi connectivity index (χ3n) is 4.11. The predicted octanol–water partition coefficient (Wildman–Crippen LogP) is 1.86. The van der Waals surface area contributed by atoms with E-state index < -0.39 is 0 Å². The first-order chi connectivity index (χ1) is 10.1. The smallest absolute Gasteiger partial charge is 0.254 e. The maximum Gasteiger partial charge on any atom is 0.254 e. The summed E-state index contributed by atoms with van der Waals surface area (Å²) in [6.07, 6.45) is 1.71. The van der Waals surface area contributed by atoms with Gasteiger partial charge in [0.25, 0.3) is 5.91 Å². The van der Waals surface area contributed by atoms with Crippen LogP contribution in [0.15, 0.2) is 12.1 Å². The second-order valence-corrected chi connectivity index (χ2v) is 5.42. The topological polar surface area (TPSA) is 59.0 Å². The van der Waals surface area contributed by atoms with Crippen LogP contribution in [0, 0.1) is 12.8 Å². The Bertz CT molecular complexity index is 490. The lowest BCUT2D eigenvalue weighted by Crippen LogP contribution is -2.28. The molecular formula is C16H23NO4. The summed E-state index contributed by atoms with van der Waals surface area (Å²) in [4.78, 5) is 14.4. The van der Waals surface area contributed by atoms with Gasteiger partial charge in [0.15, 0.2) is 0 Å². The predicted molar refractivity (Wildman–Crippen MR) is 80.0 cm³/mol. The van der Waals surface area contributed by atoms with Crippen LogP contribution in [-0.4, -0.2) is 49.8 Å². The number of aliphatic hydroxyl groups is 1. The molecule has 1 N–H and O–H groups in total. The molecule has 5 heteroatoms. The first-order valence-corrected chi connectivity index (χ1v) is 7.23. The maximum absolute atomic E-state index is 12.6. The van der Waals surface area contributed by atoms with Crippen molar-refractivity contribution in [2.75, 3.05) is 33.9 Å². The van der Waals surface area contributed by atoms with Gasteiger partial charge in [-0.05, 0) is 37.8 Å². The molecule has 0 radical (unpaired) electrons. The molecule has 5 nitrogen and oxygen atoms in total. The quantitative estimate of drug-likeness (QED) is 0.900. The van der Waals surface area contributed by atoms with E-state index in [1.165, 1.54) is 0 Å². The molecule has 0 aromatic heterocycles. The molecule has 1 aliphatic rings. The summed E-state index contributed by atoms with van der Waals surface area (Å²) in [7, 11) is 3.17. The van der Waals surface area contributed by atoms with Crippen molar-refractivity contribution in [1.82, 2.24) is 4.90 Å². The van der Waals surface area contributed by atoms with Crippen molar-refractivity contribution < 1.29 is 19.4 Å². The van der Waals surface area contributed by atoms with Crippen molar-refractivity contribution in [3.05, 3.63) is 23.3 Å². The van der Waals surface area contributed by atoms with Gasteiger partial charge in [0, 0.05) is 30.8 Å². The molecule has 1 aromatic carbocycles. The van der Waals surface area contributed by atoms with Gasteiger partial charge in [-0.1, -0.05) is 0 Å². The van der Waals surface area contributed by atoms with E-state index in [0.717, 1.165) is 24.9 Å². The molecule has 1 aromatic rings. The molecule has 1 heterocycles. The fourth-order valence-corrected chi connectivity index (χ4v) is 2.83. The van der Waals surface area contributed by atoms with Gasteiger partial charge < -0.3 is 19.5 Å². The normalized spacial score (nSPS) is 17.9. The van der Waals surface area contributed by atoms with E-state index in [9.17, 15) is 4.79 Å². The minimum atomic E-state index is -0.00737. The van der Waals surface area contributed by atoms with E-state index in [-0.39, 0.29) is 12.5 Å². The Morgan fingerprint density at radius 2 is 1.95 bits per heavy atom. The molecule has 0 spiro atoms. The first kappa shape index (κ1) is 15.6. The molecular weight excluding hydrogens is 270 g/mol. The van der Waals surface area contributed by atoms with Crippen LogP contribution in [0.2, 0.25) is 0 Å². The van der Waals surface area contributed by atoms with Crippen LogP contribution in [0.5, 0.6) is 11.5 Å². The summed E-state index contributed by atoms with van der Waals surface area (Å²) in [6.45, 7) is 3.53. The van der Waals surface area contributed by atoms with Gasteiger partial charge >= 0.3 is 0 Å². The average molecular weight is 293 g/mol. The molecule has 0 aliphatic carbocycles. The van der Waals surface area contributed by atoms with Crippen molar-refractivity contribution in [2.24, 2.45) is 5.92 Å². The number of likely N-dealkylation sites (tertiary alicyclic amines) is 1. The molecule has 1 unspecified atom stereocenters. The Morgan fingerprint density at radius 1 is 1.33 bits per heavy atom. The van der Waals surface area contributed by atoms with Crippen LogP contribution in [0.4, 0.5) is 0 Å². The number of ether oxygens (including phenoxy) is 2. The molecule has 2 rings (SSSR count). The van der Waals surface area contributed by atoms with Gasteiger partial charge in [0.2, 0.25) is 0 Å². The van der Waals surface area contributed by atoms with E-state index in [2.05, 4.69) is 0 Å². The number of nitrogens with zero attached hydrogens (tertiary/aromatic N) is 1. The lowest BCUT2D eigenvalue weighted by molar-refractivity contribution is 0.0784. The molecule has 116 valence electrons. The van der Waals surface area contributed by atoms with Gasteiger partial charge in [-0.3, -0.25) is 4.79 Å². The van der Waals surface area contributed by atoms with Crippen LogP contribution in [-0.2, 0) is 0 Å². The lowest BCUT2D eigenvalue weighted by Gasteiger charge is -2.18. The van der Waals surface area contributed by atoms with E-state index in [0.29, 0.717) is 29.5 Å². The monoisotopic (exact) mass is 293 g/mol. The van der Waals surface area contributed by atoms with Gasteiger partial charge in [0.1, 0.15) is 11.5 Å². The van der Waals surface area contributed by atoms with Crippen molar-refractivity contribution in [3.8, 4) is 11.5 Å². The molecule has 1 atom stereocenters. The summed E-state index contributed by atoms with van der Waals surface area (Å²) >= 11 is 0. The van der Waals surface area contributed by atoms with Gasteiger partial charge in [0.05, 0.1) is 14.2 Å². The number of rotatable bonds is 5. The zero-order valence-corrected chi connectivity index (χ0v) is 12.9. The SMILES string of the molecule is COc1cc(C(=O)N2CCC(CCO)C2)cc(OC)c1C. The standard InChI is InChI=1S/C16H23NO4/c1-11-14(20-2)8-13(9-15(11)21-3)16(19)17-6-4-12(10-17)5-7-18/h8-9,12,18H,4-7,10H2,1-3H3. The number of aliphatic hydroxyl groups excluding tert-OH is 1. The van der Waals surface area contributed by atoms with E-state index in [1.54, 1.807) is 26.4 Å². The third kappa shape index (κ3) is 3.29. The largest absolute Gasteiger partial charge is 0.496 e. The highest BCUT2D eigenvalue weighted by Gasteiger charge is 2.27. The second kappa shape index (κ2) is 6.80. The third-order valence-corrected chi connectivity index (χ3v) is 4.11. The van der Waals surface area contributed by atoms with Crippen LogP contribution in [0.25, 0.3) is 0 Å². The van der Waals surface area contributed by atoms with Gasteiger partial charge in [-0.15, -0.1) is 0 Å². The molecule has 1 saturated heterocycles. The summed E-state index contributed by atoms with van der Waals surface area (Å²) < 4.78 is 10.6. The fraction of sp³-hybridized carbons (Fsp3) is 0.562. The summed E-state index contributed by atoms with van der Waals surface area (Å²) in [5.41, 5.74) is 1.47. The van der Waals surface area contributed by atoms with Crippen LogP contribution in [0.1, 0.15) is 28.8 Å². The maximum atomic E-state index is 12.6. The Balaban J connectivity index is 2.20. The second-order valence-electron chi connectivity index (χ2n) is 5.42. The Morgan fingerprint density at radius 3 is 2.48 bits per heavy atom. The molecule has 1 amide bonds. The van der Waals surface area contributed by atoms with Crippen LogP contribution < -0.4 is 9.47 Å². The number of carbonyl (C=O) groups excluding carboxylic acids is 1. The summed E-state index contributed by atoms with van der Waals surface area (Å²) in [6, 6.07) is 3.53. The number of hydrogen-bond donors (Lipinski definition) is 1. The van der Waals surface area contributed by atoms with Gasteiger partial charge in [-0.2, -0.15) is 0 Å². The summed E-state index contributed by atoms with van der Waals surface area (Å²) in [5.74, 6) is 1.70. The van der Waals surface area contributed by atoms with Gasteiger partial charge in [-0.25, -0.2) is 0 Å². The number of hydrogen-bond acceptors (Lipinski definition) is 4. The van der Waals surface area contributed by atoms with Crippen molar-refractivity contribution in [2.45, 2.75) is 19.8 Å². The average Bonchev–Trinajstić information content (AvgIpc) is 2.95. The molecule has 21 heavy (non-hydrogen) atoms. The van der Waals surface area contributed by atoms with Crippen molar-refractivity contribution >= 4 is 5.91 Å². The number of amides is 1. The van der Waals surface area contributed by atoms with E-state index in [1.807, 2.05) is 11.8 Å². The van der Waals surface area contributed by atoms with E-state index >= 15 is 0 Å². The fourth-order valence-electron chi connectivity index (χ4n) is 2.83. The van der Waals surface area contributed by atoms with E-state index in [4.69, 9.17) is 14.6 Å². The molecule has 1 aliphatic heterocycles. The zero-order chi connectivity index (χ0) is 15.4. The Labute approximate surface area is 125 Å². The Kier molecular flexibility index (Phi) is 5.07. The van der Waals surface area contributed by atoms with Crippen LogP contribution >= 0.6 is 0 Å². The minimum Gasteiger partial charge on any atom is -0.496 e. The Hall–Kier alpha value is -1.75. The highest BCUT2D eigenvalue weighted by Crippen LogP contribution is 2.31. The summed E-state index contributed by atoms with van der Waals surface area (Å²) in [5, 5.41) is 9.00. The van der Waals surface area contributed by atoms with Crippen molar-refractivity contribution in [1.29, 1.82) is 0 Å². The van der Waals surface area contributed by atoms with Crippen LogP contribution in [0.3, 0.4) is 0 Å². The molecule has 0 bridgehead atoms. The van der Waals surface area contributed by atoms with Crippen molar-refractivity contribution in [3.63, 3.8) is 0 Å². The first-order valence-electron chi connectivity index (χ1n) is 7.23.